The Bertz CT molecular complexity index is 1410. The maximum atomic E-state index is 13.4. The molecule has 4 atom stereocenters. The van der Waals surface area contributed by atoms with Crippen molar-refractivity contribution in [2.24, 2.45) is 10.5 Å². The Hall–Kier alpha value is -4.22. The third-order valence-electron chi connectivity index (χ3n) is 7.85. The minimum absolute atomic E-state index is 0.0173. The van der Waals surface area contributed by atoms with Crippen molar-refractivity contribution in [2.75, 3.05) is 13.1 Å². The molecule has 0 aliphatic carbocycles. The number of carbonyl (C=O) groups is 4. The van der Waals surface area contributed by atoms with Crippen molar-refractivity contribution >= 4 is 34.5 Å². The van der Waals surface area contributed by atoms with E-state index in [0.717, 1.165) is 22.0 Å². The van der Waals surface area contributed by atoms with E-state index in [1.807, 2.05) is 24.3 Å². The van der Waals surface area contributed by atoms with Crippen molar-refractivity contribution in [3.05, 3.63) is 52.2 Å². The summed E-state index contributed by atoms with van der Waals surface area (Å²) in [5, 5.41) is 12.2. The number of aromatic nitrogens is 1. The maximum Gasteiger partial charge on any atom is 0.325 e. The van der Waals surface area contributed by atoms with Crippen molar-refractivity contribution in [1.82, 2.24) is 26.1 Å². The Balaban J connectivity index is 1.65. The zero-order chi connectivity index (χ0) is 30.4. The van der Waals surface area contributed by atoms with Gasteiger partial charge in [0.15, 0.2) is 0 Å². The van der Waals surface area contributed by atoms with Gasteiger partial charge in [-0.3, -0.25) is 29.2 Å². The van der Waals surface area contributed by atoms with Gasteiger partial charge in [0, 0.05) is 40.7 Å². The third kappa shape index (κ3) is 7.34. The first-order valence-electron chi connectivity index (χ1n) is 14.3. The minimum atomic E-state index is -1.03. The van der Waals surface area contributed by atoms with E-state index in [1.54, 1.807) is 27.0 Å². The fourth-order valence-corrected chi connectivity index (χ4v) is 5.05. The molecule has 1 fully saturated rings. The Morgan fingerprint density at radius 2 is 1.93 bits per heavy atom. The molecule has 2 aromatic rings. The smallest absolute Gasteiger partial charge is 0.325 e. The molecule has 2 aliphatic heterocycles. The number of cyclic esters (lactones) is 1. The number of carbonyl (C=O) groups excluding carboxylic acids is 4. The fraction of sp³-hybridized carbons (Fsp3) is 0.552. The van der Waals surface area contributed by atoms with Crippen molar-refractivity contribution in [3.8, 4) is 0 Å². The minimum Gasteiger partial charge on any atom is -0.457 e. The van der Waals surface area contributed by atoms with Crippen LogP contribution in [0.1, 0.15) is 70.7 Å². The Morgan fingerprint density at radius 3 is 2.69 bits per heavy atom. The van der Waals surface area contributed by atoms with Gasteiger partial charge >= 0.3 is 5.97 Å². The molecule has 13 heteroatoms. The van der Waals surface area contributed by atoms with Crippen LogP contribution in [0.25, 0.3) is 21.2 Å². The summed E-state index contributed by atoms with van der Waals surface area (Å²) in [6.07, 6.45) is 3.33. The van der Waals surface area contributed by atoms with Crippen molar-refractivity contribution in [3.63, 3.8) is 0 Å². The number of benzene rings is 1. The van der Waals surface area contributed by atoms with Crippen molar-refractivity contribution in [1.29, 1.82) is 0 Å². The van der Waals surface area contributed by atoms with Gasteiger partial charge in [-0.25, -0.2) is 5.43 Å². The number of aryl methyl sites for hydroxylation is 1. The van der Waals surface area contributed by atoms with Crippen LogP contribution in [0.15, 0.2) is 35.6 Å². The molecule has 13 nitrogen and oxygen atoms in total. The molecule has 1 aromatic carbocycles. The van der Waals surface area contributed by atoms with E-state index in [2.05, 4.69) is 31.1 Å². The number of esters is 1. The first-order chi connectivity index (χ1) is 20.0. The Morgan fingerprint density at radius 1 is 1.14 bits per heavy atom. The normalized spacial score (nSPS) is 25.7. The van der Waals surface area contributed by atoms with Gasteiger partial charge in [-0.15, -0.1) is 0 Å². The van der Waals surface area contributed by atoms with Gasteiger partial charge in [0.05, 0.1) is 0 Å². The highest BCUT2D eigenvalue weighted by Crippen LogP contribution is 2.27. The van der Waals surface area contributed by atoms with Crippen LogP contribution in [0.3, 0.4) is 0 Å². The van der Waals surface area contributed by atoms with Crippen molar-refractivity contribution in [2.45, 2.75) is 84.0 Å². The Kier molecular flexibility index (Phi) is 9.64. The molecule has 5 bridgehead atoms. The molecule has 3 amide bonds. The summed E-state index contributed by atoms with van der Waals surface area (Å²) in [6.45, 7) is 7.26. The second-order valence-corrected chi connectivity index (χ2v) is 11.6. The molecule has 4 rings (SSSR count). The van der Waals surface area contributed by atoms with E-state index in [9.17, 15) is 19.2 Å². The second kappa shape index (κ2) is 13.2. The van der Waals surface area contributed by atoms with Crippen LogP contribution < -0.4 is 16.1 Å². The van der Waals surface area contributed by atoms with E-state index in [1.165, 1.54) is 11.9 Å². The number of fused-ring (bicyclic) bond motifs is 4. The molecule has 224 valence electrons. The van der Waals surface area contributed by atoms with Gasteiger partial charge in [0.2, 0.25) is 11.8 Å². The van der Waals surface area contributed by atoms with Crippen LogP contribution in [-0.2, 0) is 30.3 Å². The number of nitrogens with zero attached hydrogens (tertiary/aromatic N) is 5. The Labute approximate surface area is 244 Å². The van der Waals surface area contributed by atoms with Crippen LogP contribution in [0.5, 0.6) is 0 Å². The van der Waals surface area contributed by atoms with Crippen LogP contribution in [0.4, 0.5) is 0 Å². The molecule has 0 spiro atoms. The summed E-state index contributed by atoms with van der Waals surface area (Å²) in [6, 6.07) is 5.06. The molecular weight excluding hydrogens is 540 g/mol. The SMILES string of the molecule is C[C@@H]1NC(=O)[C@H](CCN=[N+]=[N-])NC(=O)C(C)(C)CCc2cc3cc(ccc3cn2)[C@@H](C)OC(=O)[C@@H]2CCCN(N2)C1=O. The number of nitrogens with one attached hydrogen (secondary N) is 3. The molecule has 3 N–H and O–H groups in total. The van der Waals surface area contributed by atoms with E-state index < -0.39 is 47.4 Å². The fourth-order valence-electron chi connectivity index (χ4n) is 5.05. The zero-order valence-corrected chi connectivity index (χ0v) is 24.4. The van der Waals surface area contributed by atoms with Crippen molar-refractivity contribution < 1.29 is 23.9 Å². The molecule has 1 saturated heterocycles. The summed E-state index contributed by atoms with van der Waals surface area (Å²) in [5.74, 6) is -1.83. The zero-order valence-electron chi connectivity index (χ0n) is 24.4. The molecule has 0 saturated carbocycles. The van der Waals surface area contributed by atoms with Gasteiger partial charge in [-0.05, 0) is 74.6 Å². The largest absolute Gasteiger partial charge is 0.457 e. The third-order valence-corrected chi connectivity index (χ3v) is 7.85. The highest BCUT2D eigenvalue weighted by atomic mass is 16.5. The van der Waals surface area contributed by atoms with E-state index in [4.69, 9.17) is 10.3 Å². The van der Waals surface area contributed by atoms with E-state index >= 15 is 0 Å². The number of rotatable bonds is 3. The molecular formula is C29H38N8O5. The van der Waals surface area contributed by atoms with Crippen LogP contribution in [0, 0.1) is 5.41 Å². The van der Waals surface area contributed by atoms with Crippen LogP contribution >= 0.6 is 0 Å². The number of azide groups is 1. The summed E-state index contributed by atoms with van der Waals surface area (Å²) in [7, 11) is 0. The summed E-state index contributed by atoms with van der Waals surface area (Å²) < 4.78 is 5.79. The number of ether oxygens (including phenoxy) is 1. The molecule has 1 aromatic heterocycles. The lowest BCUT2D eigenvalue weighted by atomic mass is 9.85. The first kappa shape index (κ1) is 30.7. The average Bonchev–Trinajstić information content (AvgIpc) is 2.98. The second-order valence-electron chi connectivity index (χ2n) is 11.6. The predicted octanol–water partition coefficient (Wildman–Crippen LogP) is 3.00. The van der Waals surface area contributed by atoms with Gasteiger partial charge < -0.3 is 15.4 Å². The topological polar surface area (TPSA) is 178 Å². The maximum absolute atomic E-state index is 13.4. The monoisotopic (exact) mass is 578 g/mol. The lowest BCUT2D eigenvalue weighted by Crippen LogP contribution is -2.60. The molecule has 42 heavy (non-hydrogen) atoms. The van der Waals surface area contributed by atoms with Crippen LogP contribution in [-0.4, -0.2) is 64.9 Å². The number of hydrogen-bond acceptors (Lipinski definition) is 8. The molecule has 0 radical (unpaired) electrons. The molecule has 3 heterocycles. The highest BCUT2D eigenvalue weighted by molar-refractivity contribution is 5.93. The van der Waals surface area contributed by atoms with Crippen LogP contribution in [0.2, 0.25) is 0 Å². The summed E-state index contributed by atoms with van der Waals surface area (Å²) in [5.41, 5.74) is 12.4. The molecule has 0 unspecified atom stereocenters. The molecule has 2 aliphatic rings. The highest BCUT2D eigenvalue weighted by Gasteiger charge is 2.35. The van der Waals surface area contributed by atoms with Gasteiger partial charge in [0.1, 0.15) is 24.2 Å². The standard InChI is InChI=1S/C29H38N8O5/c1-17-26(39)37-13-5-6-24(35-37)27(40)42-18(2)19-7-8-20-16-31-22(15-21(20)14-19)9-11-29(3,4)28(41)34-23(25(38)33-17)10-12-32-36-30/h7-8,14-18,23-24,35H,5-6,9-13H2,1-4H3,(H,33,38)(H,34,41)/t17-,18+,23-,24-/m0/s1. The van der Waals surface area contributed by atoms with Gasteiger partial charge in [-0.1, -0.05) is 31.1 Å². The summed E-state index contributed by atoms with van der Waals surface area (Å²) in [4.78, 5) is 60.2. The summed E-state index contributed by atoms with van der Waals surface area (Å²) >= 11 is 0. The van der Waals surface area contributed by atoms with Gasteiger partial charge in [0.25, 0.3) is 5.91 Å². The number of amides is 3. The number of pyridine rings is 1. The lowest BCUT2D eigenvalue weighted by molar-refractivity contribution is -0.157. The van der Waals surface area contributed by atoms with E-state index in [0.29, 0.717) is 32.2 Å². The van der Waals surface area contributed by atoms with Gasteiger partial charge in [-0.2, -0.15) is 0 Å². The predicted molar refractivity (Wildman–Crippen MR) is 154 cm³/mol. The number of hydrazine groups is 1. The number of hydrogen-bond donors (Lipinski definition) is 3. The first-order valence-corrected chi connectivity index (χ1v) is 14.3. The lowest BCUT2D eigenvalue weighted by Gasteiger charge is -2.35. The average molecular weight is 579 g/mol. The van der Waals surface area contributed by atoms with E-state index in [-0.39, 0.29) is 18.9 Å². The quantitative estimate of drug-likeness (QED) is 0.217.